The van der Waals surface area contributed by atoms with Gasteiger partial charge in [-0.3, -0.25) is 0 Å². The van der Waals surface area contributed by atoms with Gasteiger partial charge in [0.25, 0.3) is 0 Å². The van der Waals surface area contributed by atoms with Gasteiger partial charge >= 0.3 is 5.97 Å². The number of ether oxygens (including phenoxy) is 1. The van der Waals surface area contributed by atoms with Gasteiger partial charge in [0.15, 0.2) is 5.13 Å². The Morgan fingerprint density at radius 2 is 2.00 bits per heavy atom. The van der Waals surface area contributed by atoms with E-state index < -0.39 is 0 Å². The van der Waals surface area contributed by atoms with Crippen molar-refractivity contribution < 1.29 is 9.53 Å². The highest BCUT2D eigenvalue weighted by Crippen LogP contribution is 2.34. The van der Waals surface area contributed by atoms with Crippen LogP contribution in [0, 0.1) is 6.92 Å². The number of para-hydroxylation sites is 1. The summed E-state index contributed by atoms with van der Waals surface area (Å²) >= 11 is 2.98. The summed E-state index contributed by atoms with van der Waals surface area (Å²) in [6.45, 7) is 5.69. The monoisotopic (exact) mass is 358 g/mol. The van der Waals surface area contributed by atoms with Crippen LogP contribution in [0.4, 0.5) is 10.8 Å². The van der Waals surface area contributed by atoms with Gasteiger partial charge in [0, 0.05) is 21.5 Å². The van der Waals surface area contributed by atoms with Crippen molar-refractivity contribution >= 4 is 39.5 Å². The van der Waals surface area contributed by atoms with Crippen LogP contribution in [0.25, 0.3) is 11.3 Å². The zero-order valence-corrected chi connectivity index (χ0v) is 15.3. The van der Waals surface area contributed by atoms with E-state index in [0.717, 1.165) is 27.0 Å². The first-order chi connectivity index (χ1) is 11.5. The lowest BCUT2D eigenvalue weighted by atomic mass is 10.2. The van der Waals surface area contributed by atoms with Crippen LogP contribution in [-0.2, 0) is 4.74 Å². The van der Waals surface area contributed by atoms with Crippen molar-refractivity contribution in [3.05, 3.63) is 51.5 Å². The summed E-state index contributed by atoms with van der Waals surface area (Å²) in [6.07, 6.45) is -0.121. The highest BCUT2D eigenvalue weighted by atomic mass is 32.1. The molecule has 0 atom stereocenters. The van der Waals surface area contributed by atoms with E-state index in [-0.39, 0.29) is 12.1 Å². The lowest BCUT2D eigenvalue weighted by Crippen LogP contribution is -2.09. The van der Waals surface area contributed by atoms with Gasteiger partial charge in [-0.05, 0) is 39.0 Å². The van der Waals surface area contributed by atoms with Crippen molar-refractivity contribution in [2.45, 2.75) is 26.9 Å². The van der Waals surface area contributed by atoms with E-state index in [1.807, 2.05) is 62.5 Å². The Kier molecular flexibility index (Phi) is 4.97. The van der Waals surface area contributed by atoms with E-state index in [2.05, 4.69) is 10.3 Å². The van der Waals surface area contributed by atoms with E-state index in [9.17, 15) is 4.79 Å². The first-order valence-corrected chi connectivity index (χ1v) is 9.32. The Balaban J connectivity index is 1.80. The number of esters is 1. The number of thiophene rings is 1. The van der Waals surface area contributed by atoms with Crippen LogP contribution < -0.4 is 5.32 Å². The second-order valence-corrected chi connectivity index (χ2v) is 7.68. The topological polar surface area (TPSA) is 51.2 Å². The minimum Gasteiger partial charge on any atom is -0.459 e. The summed E-state index contributed by atoms with van der Waals surface area (Å²) in [5, 5.41) is 6.11. The molecule has 0 radical (unpaired) electrons. The van der Waals surface area contributed by atoms with Crippen molar-refractivity contribution in [1.82, 2.24) is 4.98 Å². The fourth-order valence-electron chi connectivity index (χ4n) is 2.21. The lowest BCUT2D eigenvalue weighted by molar-refractivity contribution is 0.0384. The Morgan fingerprint density at radius 1 is 1.25 bits per heavy atom. The molecular weight excluding hydrogens is 340 g/mol. The summed E-state index contributed by atoms with van der Waals surface area (Å²) in [7, 11) is 0. The van der Waals surface area contributed by atoms with Crippen LogP contribution in [0.3, 0.4) is 0 Å². The number of hydrogen-bond donors (Lipinski definition) is 1. The molecule has 0 saturated heterocycles. The molecule has 3 rings (SSSR count). The van der Waals surface area contributed by atoms with Gasteiger partial charge in [0.1, 0.15) is 4.88 Å². The normalized spacial score (nSPS) is 10.8. The quantitative estimate of drug-likeness (QED) is 0.613. The van der Waals surface area contributed by atoms with Crippen molar-refractivity contribution in [1.29, 1.82) is 0 Å². The van der Waals surface area contributed by atoms with Crippen LogP contribution in [0.2, 0.25) is 0 Å². The van der Waals surface area contributed by atoms with Crippen LogP contribution in [0.5, 0.6) is 0 Å². The largest absolute Gasteiger partial charge is 0.459 e. The van der Waals surface area contributed by atoms with E-state index in [1.54, 1.807) is 11.3 Å². The highest BCUT2D eigenvalue weighted by Gasteiger charge is 2.17. The molecule has 3 aromatic rings. The summed E-state index contributed by atoms with van der Waals surface area (Å²) in [6, 6.07) is 11.8. The SMILES string of the molecule is Cc1sc(C(=O)OC(C)C)cc1-c1csc(Nc2ccccc2)n1. The summed E-state index contributed by atoms with van der Waals surface area (Å²) in [5.41, 5.74) is 2.85. The maximum atomic E-state index is 12.1. The smallest absolute Gasteiger partial charge is 0.348 e. The summed E-state index contributed by atoms with van der Waals surface area (Å²) in [4.78, 5) is 18.4. The molecule has 2 heterocycles. The molecule has 0 spiro atoms. The number of benzene rings is 1. The zero-order chi connectivity index (χ0) is 17.1. The van der Waals surface area contributed by atoms with Crippen molar-refractivity contribution in [2.75, 3.05) is 5.32 Å². The van der Waals surface area contributed by atoms with E-state index in [1.165, 1.54) is 11.3 Å². The maximum absolute atomic E-state index is 12.1. The van der Waals surface area contributed by atoms with Crippen LogP contribution in [0.1, 0.15) is 28.4 Å². The molecular formula is C18H18N2O2S2. The Bertz CT molecular complexity index is 838. The van der Waals surface area contributed by atoms with Gasteiger partial charge in [-0.25, -0.2) is 9.78 Å². The number of rotatable bonds is 5. The number of nitrogens with one attached hydrogen (secondary N) is 1. The summed E-state index contributed by atoms with van der Waals surface area (Å²) < 4.78 is 5.27. The molecule has 0 aliphatic rings. The summed E-state index contributed by atoms with van der Waals surface area (Å²) in [5.74, 6) is -0.276. The van der Waals surface area contributed by atoms with Crippen molar-refractivity contribution in [2.24, 2.45) is 0 Å². The van der Waals surface area contributed by atoms with Crippen molar-refractivity contribution in [3.8, 4) is 11.3 Å². The number of hydrogen-bond acceptors (Lipinski definition) is 6. The minimum atomic E-state index is -0.276. The highest BCUT2D eigenvalue weighted by molar-refractivity contribution is 7.15. The van der Waals surface area contributed by atoms with Crippen molar-refractivity contribution in [3.63, 3.8) is 0 Å². The van der Waals surface area contributed by atoms with Gasteiger partial charge in [0.2, 0.25) is 0 Å². The average Bonchev–Trinajstić information content (AvgIpc) is 3.14. The zero-order valence-electron chi connectivity index (χ0n) is 13.7. The number of aromatic nitrogens is 1. The number of carbonyl (C=O) groups excluding carboxylic acids is 1. The van der Waals surface area contributed by atoms with Gasteiger partial charge in [-0.1, -0.05) is 18.2 Å². The second-order valence-electron chi connectivity index (χ2n) is 5.56. The third kappa shape index (κ3) is 3.83. The molecule has 0 amide bonds. The van der Waals surface area contributed by atoms with Gasteiger partial charge in [-0.2, -0.15) is 0 Å². The van der Waals surface area contributed by atoms with Gasteiger partial charge in [-0.15, -0.1) is 22.7 Å². The first kappa shape index (κ1) is 16.7. The Labute approximate surface area is 149 Å². The third-order valence-corrected chi connectivity index (χ3v) is 5.06. The molecule has 0 aliphatic carbocycles. The minimum absolute atomic E-state index is 0.121. The predicted molar refractivity (Wildman–Crippen MR) is 100 cm³/mol. The van der Waals surface area contributed by atoms with Crippen LogP contribution >= 0.6 is 22.7 Å². The molecule has 0 saturated carbocycles. The Hall–Kier alpha value is -2.18. The molecule has 6 heteroatoms. The molecule has 0 aliphatic heterocycles. The first-order valence-electron chi connectivity index (χ1n) is 7.62. The molecule has 1 aromatic carbocycles. The molecule has 2 aromatic heterocycles. The third-order valence-electron chi connectivity index (χ3n) is 3.27. The molecule has 0 bridgehead atoms. The molecule has 24 heavy (non-hydrogen) atoms. The molecule has 124 valence electrons. The van der Waals surface area contributed by atoms with E-state index >= 15 is 0 Å². The lowest BCUT2D eigenvalue weighted by Gasteiger charge is -2.05. The molecule has 4 nitrogen and oxygen atoms in total. The van der Waals surface area contributed by atoms with Gasteiger partial charge < -0.3 is 10.1 Å². The standard InChI is InChI=1S/C18H18N2O2S2/c1-11(2)22-17(21)16-9-14(12(3)24-16)15-10-23-18(20-15)19-13-7-5-4-6-8-13/h4-11H,1-3H3,(H,19,20). The number of aryl methyl sites for hydroxylation is 1. The number of thiazole rings is 1. The molecule has 0 fully saturated rings. The van der Waals surface area contributed by atoms with Gasteiger partial charge in [0.05, 0.1) is 11.8 Å². The number of anilines is 2. The molecule has 1 N–H and O–H groups in total. The van der Waals surface area contributed by atoms with Crippen LogP contribution in [0.15, 0.2) is 41.8 Å². The molecule has 0 unspecified atom stereocenters. The maximum Gasteiger partial charge on any atom is 0.348 e. The second kappa shape index (κ2) is 7.15. The Morgan fingerprint density at radius 3 is 2.71 bits per heavy atom. The van der Waals surface area contributed by atoms with Crippen LogP contribution in [-0.4, -0.2) is 17.1 Å². The van der Waals surface area contributed by atoms with E-state index in [0.29, 0.717) is 4.88 Å². The predicted octanol–water partition coefficient (Wildman–Crippen LogP) is 5.49. The number of nitrogens with zero attached hydrogens (tertiary/aromatic N) is 1. The number of carbonyl (C=O) groups is 1. The fourth-order valence-corrected chi connectivity index (χ4v) is 3.85. The fraction of sp³-hybridized carbons (Fsp3) is 0.222. The average molecular weight is 358 g/mol. The van der Waals surface area contributed by atoms with E-state index in [4.69, 9.17) is 4.74 Å².